The Morgan fingerprint density at radius 3 is 2.68 bits per heavy atom. The summed E-state index contributed by atoms with van der Waals surface area (Å²) in [6.07, 6.45) is 2.67. The summed E-state index contributed by atoms with van der Waals surface area (Å²) in [5, 5.41) is 9.19. The molecule has 1 heterocycles. The Kier molecular flexibility index (Phi) is 4.10. The lowest BCUT2D eigenvalue weighted by atomic mass is 10.2. The monoisotopic (exact) mass is 258 g/mol. The molecule has 0 aliphatic carbocycles. The van der Waals surface area contributed by atoms with E-state index < -0.39 is 0 Å². The summed E-state index contributed by atoms with van der Waals surface area (Å²) in [7, 11) is 1.63. The van der Waals surface area contributed by atoms with Crippen LogP contribution in [-0.2, 0) is 6.54 Å². The van der Waals surface area contributed by atoms with Crippen LogP contribution in [0, 0.1) is 5.41 Å². The molecule has 0 aliphatic rings. The van der Waals surface area contributed by atoms with Crippen LogP contribution in [0.5, 0.6) is 5.75 Å². The number of pyridine rings is 1. The highest BCUT2D eigenvalue weighted by Gasteiger charge is 2.08. The van der Waals surface area contributed by atoms with Gasteiger partial charge in [0, 0.05) is 24.0 Å². The molecule has 0 aliphatic heterocycles. The van der Waals surface area contributed by atoms with Gasteiger partial charge in [0.1, 0.15) is 17.9 Å². The molecule has 19 heavy (non-hydrogen) atoms. The number of benzene rings is 1. The Labute approximate surface area is 110 Å². The van der Waals surface area contributed by atoms with Gasteiger partial charge in [-0.25, -0.2) is 0 Å². The van der Waals surface area contributed by atoms with Gasteiger partial charge in [0.25, 0.3) is 0 Å². The van der Waals surface area contributed by atoms with Crippen LogP contribution in [-0.4, -0.2) is 18.3 Å². The minimum atomic E-state index is -0.144. The Morgan fingerprint density at radius 1 is 1.32 bits per heavy atom. The number of nitrogens with one attached hydrogen (secondary N) is 2. The summed E-state index contributed by atoms with van der Waals surface area (Å²) >= 11 is 0. The summed E-state index contributed by atoms with van der Waals surface area (Å²) in [4.78, 5) is 14.5. The van der Waals surface area contributed by atoms with Crippen LogP contribution in [0.4, 0.5) is 5.82 Å². The fourth-order valence-electron chi connectivity index (χ4n) is 1.81. The number of quaternary nitrogens is 1. The molecule has 0 radical (unpaired) electrons. The van der Waals surface area contributed by atoms with Gasteiger partial charge in [-0.15, -0.1) is 0 Å². The summed E-state index contributed by atoms with van der Waals surface area (Å²) in [5.41, 5.74) is 1.35. The molecule has 0 fully saturated rings. The summed E-state index contributed by atoms with van der Waals surface area (Å²) < 4.78 is 5.10. The van der Waals surface area contributed by atoms with Gasteiger partial charge < -0.3 is 15.1 Å². The zero-order valence-corrected chi connectivity index (χ0v) is 10.6. The van der Waals surface area contributed by atoms with Crippen molar-refractivity contribution in [2.24, 2.45) is 0 Å². The van der Waals surface area contributed by atoms with Gasteiger partial charge in [-0.3, -0.25) is 10.1 Å². The van der Waals surface area contributed by atoms with E-state index in [4.69, 9.17) is 10.1 Å². The average molecular weight is 258 g/mol. The third-order valence-electron chi connectivity index (χ3n) is 2.87. The molecule has 0 amide bonds. The summed E-state index contributed by atoms with van der Waals surface area (Å²) in [6.45, 7) is 0.685. The van der Waals surface area contributed by atoms with Crippen molar-refractivity contribution >= 4 is 12.0 Å². The van der Waals surface area contributed by atoms with Crippen molar-refractivity contribution in [3.63, 3.8) is 0 Å². The molecule has 0 saturated carbocycles. The number of rotatable bonds is 5. The molecule has 5 nitrogen and oxygen atoms in total. The molecular formula is C14H16N3O2+. The van der Waals surface area contributed by atoms with Crippen LogP contribution >= 0.6 is 0 Å². The normalized spacial score (nSPS) is 10.2. The van der Waals surface area contributed by atoms with Gasteiger partial charge >= 0.3 is 0 Å². The number of aromatic amines is 1. The standard InChI is InChI=1S/C14H15N3O2/c1-19-11-4-2-10(3-5-11)9-17-14-12(8-15)13(18)6-7-16-14/h2-8,15H,9H2,1H3,(H2,16,17,18)/p+1. The summed E-state index contributed by atoms with van der Waals surface area (Å²) in [5.74, 6) is 1.50. The average Bonchev–Trinajstić information content (AvgIpc) is 2.45. The highest BCUT2D eigenvalue weighted by Crippen LogP contribution is 2.10. The van der Waals surface area contributed by atoms with Crippen molar-refractivity contribution < 1.29 is 10.1 Å². The van der Waals surface area contributed by atoms with E-state index in [0.717, 1.165) is 17.5 Å². The van der Waals surface area contributed by atoms with E-state index in [1.807, 2.05) is 29.6 Å². The number of nitrogens with two attached hydrogens (primary N) is 1. The van der Waals surface area contributed by atoms with Gasteiger partial charge in [0.15, 0.2) is 5.43 Å². The van der Waals surface area contributed by atoms with Gasteiger partial charge in [-0.05, 0) is 24.3 Å². The highest BCUT2D eigenvalue weighted by molar-refractivity contribution is 5.81. The fraction of sp³-hybridized carbons (Fsp3) is 0.143. The third-order valence-corrected chi connectivity index (χ3v) is 2.87. The molecule has 4 N–H and O–H groups in total. The second-order valence-electron chi connectivity index (χ2n) is 4.07. The van der Waals surface area contributed by atoms with E-state index >= 15 is 0 Å². The topological polar surface area (TPSA) is 82.5 Å². The van der Waals surface area contributed by atoms with Crippen LogP contribution in [0.25, 0.3) is 0 Å². The van der Waals surface area contributed by atoms with Crippen molar-refractivity contribution in [1.82, 2.24) is 4.98 Å². The van der Waals surface area contributed by atoms with E-state index in [0.29, 0.717) is 17.9 Å². The Bertz CT molecular complexity index is 617. The van der Waals surface area contributed by atoms with E-state index in [9.17, 15) is 4.79 Å². The van der Waals surface area contributed by atoms with Crippen molar-refractivity contribution in [3.8, 4) is 5.75 Å². The minimum absolute atomic E-state index is 0.144. The van der Waals surface area contributed by atoms with Crippen LogP contribution in [0.1, 0.15) is 11.1 Å². The molecule has 1 aromatic heterocycles. The first-order valence-corrected chi connectivity index (χ1v) is 5.93. The van der Waals surface area contributed by atoms with Crippen molar-refractivity contribution in [2.75, 3.05) is 7.11 Å². The van der Waals surface area contributed by atoms with E-state index in [1.54, 1.807) is 13.3 Å². The number of aromatic nitrogens is 1. The van der Waals surface area contributed by atoms with Gasteiger partial charge in [-0.1, -0.05) is 0 Å². The quantitative estimate of drug-likeness (QED) is 0.692. The predicted octanol–water partition coefficient (Wildman–Crippen LogP) is 0.776. The molecule has 2 aromatic rings. The first kappa shape index (κ1) is 13.0. The first-order chi connectivity index (χ1) is 9.24. The first-order valence-electron chi connectivity index (χ1n) is 5.93. The zero-order chi connectivity index (χ0) is 13.7. The smallest absolute Gasteiger partial charge is 0.215 e. The Morgan fingerprint density at radius 2 is 2.05 bits per heavy atom. The molecule has 0 spiro atoms. The van der Waals surface area contributed by atoms with Crippen molar-refractivity contribution in [3.05, 3.63) is 57.9 Å². The molecule has 0 bridgehead atoms. The minimum Gasteiger partial charge on any atom is -0.497 e. The van der Waals surface area contributed by atoms with Gasteiger partial charge in [-0.2, -0.15) is 0 Å². The number of hydrogen-bond acceptors (Lipinski definition) is 3. The molecule has 0 atom stereocenters. The molecule has 98 valence electrons. The van der Waals surface area contributed by atoms with Crippen LogP contribution < -0.4 is 15.5 Å². The zero-order valence-electron chi connectivity index (χ0n) is 10.6. The number of methoxy groups -OCH3 is 1. The summed E-state index contributed by atoms with van der Waals surface area (Å²) in [6, 6.07) is 9.16. The maximum atomic E-state index is 11.6. The highest BCUT2D eigenvalue weighted by atomic mass is 16.5. The Hall–Kier alpha value is -2.40. The third kappa shape index (κ3) is 3.08. The molecule has 0 saturated heterocycles. The van der Waals surface area contributed by atoms with Gasteiger partial charge in [0.05, 0.1) is 7.11 Å². The van der Waals surface area contributed by atoms with E-state index in [-0.39, 0.29) is 5.43 Å². The van der Waals surface area contributed by atoms with Crippen LogP contribution in [0.15, 0.2) is 41.3 Å². The Balaban J connectivity index is 2.12. The van der Waals surface area contributed by atoms with Crippen LogP contribution in [0.3, 0.4) is 0 Å². The van der Waals surface area contributed by atoms with E-state index in [2.05, 4.69) is 4.98 Å². The SMILES string of the molecule is COc1ccc(C[NH2+]c2[nH]ccc(=O)c2C=N)cc1. The number of H-pyrrole nitrogens is 1. The van der Waals surface area contributed by atoms with Crippen molar-refractivity contribution in [1.29, 1.82) is 5.41 Å². The fourth-order valence-corrected chi connectivity index (χ4v) is 1.81. The molecule has 1 aromatic carbocycles. The second kappa shape index (κ2) is 5.97. The van der Waals surface area contributed by atoms with Crippen molar-refractivity contribution in [2.45, 2.75) is 6.54 Å². The molecule has 0 unspecified atom stereocenters. The van der Waals surface area contributed by atoms with Gasteiger partial charge in [0.2, 0.25) is 5.82 Å². The number of hydrogen-bond donors (Lipinski definition) is 3. The van der Waals surface area contributed by atoms with Crippen LogP contribution in [0.2, 0.25) is 0 Å². The lowest BCUT2D eigenvalue weighted by molar-refractivity contribution is -0.592. The maximum absolute atomic E-state index is 11.6. The lowest BCUT2D eigenvalue weighted by Gasteiger charge is -2.04. The molecule has 5 heteroatoms. The second-order valence-corrected chi connectivity index (χ2v) is 4.07. The number of ether oxygens (including phenoxy) is 1. The van der Waals surface area contributed by atoms with E-state index in [1.165, 1.54) is 6.07 Å². The largest absolute Gasteiger partial charge is 0.497 e. The molecular weight excluding hydrogens is 242 g/mol. The maximum Gasteiger partial charge on any atom is 0.215 e. The lowest BCUT2D eigenvalue weighted by Crippen LogP contribution is -2.77. The predicted molar refractivity (Wildman–Crippen MR) is 73.2 cm³/mol. The molecule has 2 rings (SSSR count).